The van der Waals surface area contributed by atoms with Crippen molar-refractivity contribution in [2.24, 2.45) is 4.99 Å². The molecule has 154 valence electrons. The molecule has 1 heterocycles. The predicted octanol–water partition coefficient (Wildman–Crippen LogP) is 3.18. The predicted molar refractivity (Wildman–Crippen MR) is 112 cm³/mol. The fraction of sp³-hybridized carbons (Fsp3) is 0.611. The summed E-state index contributed by atoms with van der Waals surface area (Å²) in [7, 11) is 1.64. The van der Waals surface area contributed by atoms with Gasteiger partial charge in [-0.25, -0.2) is 0 Å². The van der Waals surface area contributed by atoms with Crippen molar-refractivity contribution in [1.29, 1.82) is 0 Å². The minimum absolute atomic E-state index is 0. The Hall–Kier alpha value is -1.23. The Balaban J connectivity index is 0.00000364. The number of halogens is 4. The lowest BCUT2D eigenvalue weighted by molar-refractivity contribution is -0.143. The summed E-state index contributed by atoms with van der Waals surface area (Å²) in [6.45, 7) is 4.42. The van der Waals surface area contributed by atoms with E-state index in [1.165, 1.54) is 10.5 Å². The van der Waals surface area contributed by atoms with Crippen molar-refractivity contribution in [3.8, 4) is 5.75 Å². The van der Waals surface area contributed by atoms with Crippen LogP contribution in [0.3, 0.4) is 0 Å². The first-order chi connectivity index (χ1) is 12.2. The fourth-order valence-electron chi connectivity index (χ4n) is 2.87. The van der Waals surface area contributed by atoms with Gasteiger partial charge in [-0.05, 0) is 32.4 Å². The molecule has 0 spiro atoms. The van der Waals surface area contributed by atoms with Crippen LogP contribution in [-0.2, 0) is 0 Å². The molecule has 5 nitrogen and oxygen atoms in total. The van der Waals surface area contributed by atoms with Crippen LogP contribution in [-0.4, -0.2) is 62.4 Å². The summed E-state index contributed by atoms with van der Waals surface area (Å²) in [4.78, 5) is 5.55. The molecule has 1 aromatic rings. The first kappa shape index (κ1) is 23.8. The molecule has 2 unspecified atom stereocenters. The van der Waals surface area contributed by atoms with Gasteiger partial charge in [0.15, 0.2) is 5.96 Å². The molecule has 1 fully saturated rings. The van der Waals surface area contributed by atoms with Crippen molar-refractivity contribution in [1.82, 2.24) is 15.5 Å². The molecule has 0 bridgehead atoms. The number of aryl methyl sites for hydroxylation is 1. The van der Waals surface area contributed by atoms with E-state index in [0.717, 1.165) is 5.75 Å². The number of hydrogen-bond acceptors (Lipinski definition) is 3. The van der Waals surface area contributed by atoms with Gasteiger partial charge in [0.05, 0.1) is 13.1 Å². The van der Waals surface area contributed by atoms with Gasteiger partial charge < -0.3 is 15.4 Å². The summed E-state index contributed by atoms with van der Waals surface area (Å²) in [5.41, 5.74) is 1.17. The van der Waals surface area contributed by atoms with Crippen LogP contribution >= 0.6 is 24.0 Å². The van der Waals surface area contributed by atoms with E-state index in [0.29, 0.717) is 32.0 Å². The molecule has 2 atom stereocenters. The fourth-order valence-corrected chi connectivity index (χ4v) is 2.87. The van der Waals surface area contributed by atoms with Gasteiger partial charge in [0.25, 0.3) is 0 Å². The Kier molecular flexibility index (Phi) is 9.65. The number of nitrogens with zero attached hydrogens (tertiary/aromatic N) is 2. The third-order valence-corrected chi connectivity index (χ3v) is 4.15. The number of alkyl halides is 3. The first-order valence-corrected chi connectivity index (χ1v) is 8.75. The van der Waals surface area contributed by atoms with Crippen LogP contribution in [0.25, 0.3) is 0 Å². The molecule has 1 aliphatic heterocycles. The van der Waals surface area contributed by atoms with Crippen LogP contribution in [0.1, 0.15) is 18.9 Å². The van der Waals surface area contributed by atoms with Crippen LogP contribution in [0, 0.1) is 6.92 Å². The Morgan fingerprint density at radius 2 is 2.00 bits per heavy atom. The second kappa shape index (κ2) is 10.9. The maximum absolute atomic E-state index is 12.5. The maximum Gasteiger partial charge on any atom is 0.401 e. The largest absolute Gasteiger partial charge is 0.489 e. The molecular formula is C18H28F3IN4O. The summed E-state index contributed by atoms with van der Waals surface area (Å²) in [6.07, 6.45) is -3.58. The number of nitrogens with one attached hydrogen (secondary N) is 2. The van der Waals surface area contributed by atoms with Gasteiger partial charge in [0, 0.05) is 26.2 Å². The van der Waals surface area contributed by atoms with Crippen molar-refractivity contribution >= 4 is 29.9 Å². The molecule has 27 heavy (non-hydrogen) atoms. The lowest BCUT2D eigenvalue weighted by atomic mass is 10.2. The topological polar surface area (TPSA) is 48.9 Å². The number of hydrogen-bond donors (Lipinski definition) is 2. The van der Waals surface area contributed by atoms with E-state index in [4.69, 9.17) is 4.74 Å². The van der Waals surface area contributed by atoms with E-state index in [-0.39, 0.29) is 36.1 Å². The van der Waals surface area contributed by atoms with Crippen molar-refractivity contribution in [2.45, 2.75) is 38.6 Å². The van der Waals surface area contributed by atoms with Gasteiger partial charge in [0.2, 0.25) is 0 Å². The minimum atomic E-state index is -4.16. The number of guanidine groups is 1. The molecule has 1 aliphatic rings. The number of benzene rings is 1. The van der Waals surface area contributed by atoms with E-state index in [9.17, 15) is 13.2 Å². The molecule has 9 heteroatoms. The minimum Gasteiger partial charge on any atom is -0.489 e. The third-order valence-electron chi connectivity index (χ3n) is 4.15. The highest BCUT2D eigenvalue weighted by Crippen LogP contribution is 2.20. The number of aliphatic imine (C=N–C) groups is 1. The van der Waals surface area contributed by atoms with E-state index >= 15 is 0 Å². The Morgan fingerprint density at radius 1 is 1.33 bits per heavy atom. The Morgan fingerprint density at radius 3 is 2.59 bits per heavy atom. The van der Waals surface area contributed by atoms with Crippen LogP contribution in [0.4, 0.5) is 13.2 Å². The van der Waals surface area contributed by atoms with E-state index in [2.05, 4.69) is 15.6 Å². The number of ether oxygens (including phenoxy) is 1. The Labute approximate surface area is 175 Å². The molecule has 0 radical (unpaired) electrons. The monoisotopic (exact) mass is 500 g/mol. The van der Waals surface area contributed by atoms with E-state index < -0.39 is 12.7 Å². The standard InChI is InChI=1S/C18H27F3N4O.HI/c1-13-4-6-16(7-5-13)26-14(2)10-23-17(22-3)24-15-8-9-25(11-15)12-18(19,20)21;/h4-7,14-15H,8-12H2,1-3H3,(H2,22,23,24);1H. The molecule has 2 rings (SSSR count). The van der Waals surface area contributed by atoms with E-state index in [1.54, 1.807) is 7.05 Å². The van der Waals surface area contributed by atoms with Gasteiger partial charge >= 0.3 is 6.18 Å². The zero-order valence-electron chi connectivity index (χ0n) is 15.8. The summed E-state index contributed by atoms with van der Waals surface area (Å²) < 4.78 is 43.2. The molecule has 0 saturated carbocycles. The average Bonchev–Trinajstić information content (AvgIpc) is 2.98. The van der Waals surface area contributed by atoms with Gasteiger partial charge in [-0.3, -0.25) is 9.89 Å². The lowest BCUT2D eigenvalue weighted by Gasteiger charge is -2.21. The molecule has 2 N–H and O–H groups in total. The van der Waals surface area contributed by atoms with Crippen LogP contribution in [0.5, 0.6) is 5.75 Å². The normalized spacial score (nSPS) is 19.3. The second-order valence-electron chi connectivity index (χ2n) is 6.67. The summed E-state index contributed by atoms with van der Waals surface area (Å²) >= 11 is 0. The lowest BCUT2D eigenvalue weighted by Crippen LogP contribution is -2.47. The smallest absolute Gasteiger partial charge is 0.401 e. The quantitative estimate of drug-likeness (QED) is 0.358. The highest BCUT2D eigenvalue weighted by Gasteiger charge is 2.34. The van der Waals surface area contributed by atoms with Crippen LogP contribution < -0.4 is 15.4 Å². The van der Waals surface area contributed by atoms with Gasteiger partial charge in [-0.15, -0.1) is 24.0 Å². The van der Waals surface area contributed by atoms with Gasteiger partial charge in [0.1, 0.15) is 11.9 Å². The number of rotatable bonds is 6. The molecule has 0 amide bonds. The zero-order chi connectivity index (χ0) is 19.2. The second-order valence-corrected chi connectivity index (χ2v) is 6.67. The first-order valence-electron chi connectivity index (χ1n) is 8.75. The van der Waals surface area contributed by atoms with Crippen LogP contribution in [0.15, 0.2) is 29.3 Å². The van der Waals surface area contributed by atoms with Crippen molar-refractivity contribution in [3.63, 3.8) is 0 Å². The van der Waals surface area contributed by atoms with Crippen LogP contribution in [0.2, 0.25) is 0 Å². The highest BCUT2D eigenvalue weighted by atomic mass is 127. The molecule has 0 aromatic heterocycles. The highest BCUT2D eigenvalue weighted by molar-refractivity contribution is 14.0. The molecular weight excluding hydrogens is 472 g/mol. The van der Waals surface area contributed by atoms with E-state index in [1.807, 2.05) is 38.1 Å². The van der Waals surface area contributed by atoms with Gasteiger partial charge in [-0.1, -0.05) is 17.7 Å². The molecule has 0 aliphatic carbocycles. The molecule has 1 aromatic carbocycles. The van der Waals surface area contributed by atoms with Crippen molar-refractivity contribution < 1.29 is 17.9 Å². The Bertz CT molecular complexity index is 595. The third kappa shape index (κ3) is 9.00. The summed E-state index contributed by atoms with van der Waals surface area (Å²) in [6, 6.07) is 7.78. The molecule has 1 saturated heterocycles. The summed E-state index contributed by atoms with van der Waals surface area (Å²) in [5.74, 6) is 1.37. The SMILES string of the molecule is CN=C(NCC(C)Oc1ccc(C)cc1)NC1CCN(CC(F)(F)F)C1.I. The van der Waals surface area contributed by atoms with Crippen molar-refractivity contribution in [2.75, 3.05) is 33.2 Å². The maximum atomic E-state index is 12.5. The zero-order valence-corrected chi connectivity index (χ0v) is 18.2. The van der Waals surface area contributed by atoms with Crippen molar-refractivity contribution in [3.05, 3.63) is 29.8 Å². The van der Waals surface area contributed by atoms with Gasteiger partial charge in [-0.2, -0.15) is 13.2 Å². The number of likely N-dealkylation sites (tertiary alicyclic amines) is 1. The average molecular weight is 500 g/mol. The summed E-state index contributed by atoms with van der Waals surface area (Å²) in [5, 5.41) is 6.35.